The van der Waals surface area contributed by atoms with Crippen LogP contribution in [0.5, 0.6) is 5.75 Å². The zero-order valence-corrected chi connectivity index (χ0v) is 17.9. The van der Waals surface area contributed by atoms with Crippen LogP contribution in [0.4, 0.5) is 4.39 Å². The quantitative estimate of drug-likeness (QED) is 0.579. The highest BCUT2D eigenvalue weighted by Gasteiger charge is 2.14. The molecule has 1 aliphatic rings. The third-order valence-corrected chi connectivity index (χ3v) is 5.99. The molecule has 8 heteroatoms. The van der Waals surface area contributed by atoms with Gasteiger partial charge in [-0.2, -0.15) is 0 Å². The fourth-order valence-electron chi connectivity index (χ4n) is 3.27. The molecule has 0 unspecified atom stereocenters. The normalized spacial score (nSPS) is 14.4. The summed E-state index contributed by atoms with van der Waals surface area (Å²) in [5.74, 6) is 0.188. The second-order valence-electron chi connectivity index (χ2n) is 7.14. The summed E-state index contributed by atoms with van der Waals surface area (Å²) in [4.78, 5) is 19.5. The summed E-state index contributed by atoms with van der Waals surface area (Å²) in [6, 6.07) is 14.1. The monoisotopic (exact) mass is 441 g/mol. The highest BCUT2D eigenvalue weighted by molar-refractivity contribution is 7.16. The number of halogens is 1. The van der Waals surface area contributed by atoms with Crippen molar-refractivity contribution in [3.63, 3.8) is 0 Å². The van der Waals surface area contributed by atoms with E-state index in [2.05, 4.69) is 15.2 Å². The molecular formula is C23H24FN3O3S. The van der Waals surface area contributed by atoms with Gasteiger partial charge in [-0.15, -0.1) is 11.3 Å². The number of nitrogens with zero attached hydrogens (tertiary/aromatic N) is 2. The molecule has 0 saturated carbocycles. The van der Waals surface area contributed by atoms with Crippen molar-refractivity contribution in [2.24, 2.45) is 0 Å². The van der Waals surface area contributed by atoms with Crippen LogP contribution in [-0.2, 0) is 11.3 Å². The zero-order valence-electron chi connectivity index (χ0n) is 17.1. The van der Waals surface area contributed by atoms with E-state index in [1.807, 2.05) is 24.3 Å². The molecule has 0 bridgehead atoms. The van der Waals surface area contributed by atoms with Crippen LogP contribution >= 0.6 is 11.3 Å². The lowest BCUT2D eigenvalue weighted by Gasteiger charge is -2.26. The van der Waals surface area contributed by atoms with E-state index in [9.17, 15) is 9.18 Å². The fourth-order valence-corrected chi connectivity index (χ4v) is 4.13. The molecule has 0 spiro atoms. The Hall–Kier alpha value is -2.81. The third-order valence-electron chi connectivity index (χ3n) is 4.97. The minimum absolute atomic E-state index is 0.237. The number of amides is 1. The van der Waals surface area contributed by atoms with Gasteiger partial charge in [-0.05, 0) is 29.8 Å². The predicted octanol–water partition coefficient (Wildman–Crippen LogP) is 3.59. The summed E-state index contributed by atoms with van der Waals surface area (Å²) in [5, 5.41) is 3.37. The fraction of sp³-hybridized carbons (Fsp3) is 0.304. The van der Waals surface area contributed by atoms with Crippen LogP contribution in [-0.4, -0.2) is 55.2 Å². The topological polar surface area (TPSA) is 63.7 Å². The van der Waals surface area contributed by atoms with Crippen LogP contribution in [0.15, 0.2) is 54.7 Å². The first-order valence-electron chi connectivity index (χ1n) is 10.2. The van der Waals surface area contributed by atoms with Gasteiger partial charge in [0.05, 0.1) is 19.4 Å². The number of benzene rings is 2. The van der Waals surface area contributed by atoms with Gasteiger partial charge in [-0.1, -0.05) is 24.3 Å². The van der Waals surface area contributed by atoms with Gasteiger partial charge in [-0.25, -0.2) is 9.37 Å². The molecule has 3 aromatic rings. The molecule has 1 aliphatic heterocycles. The van der Waals surface area contributed by atoms with E-state index in [0.717, 1.165) is 44.2 Å². The van der Waals surface area contributed by atoms with Gasteiger partial charge in [0.25, 0.3) is 5.91 Å². The standard InChI is InChI=1S/C23H24FN3O3S/c24-20-7-2-1-6-19(20)23-26-16-21(31-23)22(28)25-15-17-4-3-5-18(14-17)30-13-10-27-8-11-29-12-9-27/h1-7,14,16H,8-13,15H2,(H,25,28). The summed E-state index contributed by atoms with van der Waals surface area (Å²) in [6.07, 6.45) is 1.48. The number of carbonyl (C=O) groups is 1. The summed E-state index contributed by atoms with van der Waals surface area (Å²) in [6.45, 7) is 5.26. The number of hydrogen-bond donors (Lipinski definition) is 1. The van der Waals surface area contributed by atoms with Gasteiger partial charge >= 0.3 is 0 Å². The SMILES string of the molecule is O=C(NCc1cccc(OCCN2CCOCC2)c1)c1cnc(-c2ccccc2F)s1. The minimum Gasteiger partial charge on any atom is -0.492 e. The Labute approximate surface area is 184 Å². The summed E-state index contributed by atoms with van der Waals surface area (Å²) >= 11 is 1.17. The third kappa shape index (κ3) is 5.88. The van der Waals surface area contributed by atoms with E-state index in [-0.39, 0.29) is 11.7 Å². The smallest absolute Gasteiger partial charge is 0.263 e. The predicted molar refractivity (Wildman–Crippen MR) is 118 cm³/mol. The first-order valence-corrected chi connectivity index (χ1v) is 11.0. The average molecular weight is 442 g/mol. The second-order valence-corrected chi connectivity index (χ2v) is 8.17. The number of morpholine rings is 1. The molecule has 1 N–H and O–H groups in total. The minimum atomic E-state index is -0.353. The van der Waals surface area contributed by atoms with E-state index in [0.29, 0.717) is 28.6 Å². The molecule has 4 rings (SSSR count). The van der Waals surface area contributed by atoms with Gasteiger partial charge < -0.3 is 14.8 Å². The lowest BCUT2D eigenvalue weighted by molar-refractivity contribution is 0.0322. The van der Waals surface area contributed by atoms with E-state index in [1.54, 1.807) is 18.2 Å². The van der Waals surface area contributed by atoms with Gasteiger partial charge in [0.1, 0.15) is 28.1 Å². The average Bonchev–Trinajstić information content (AvgIpc) is 3.29. The molecule has 0 atom stereocenters. The van der Waals surface area contributed by atoms with E-state index in [1.165, 1.54) is 23.6 Å². The van der Waals surface area contributed by atoms with Gasteiger partial charge in [-0.3, -0.25) is 9.69 Å². The van der Waals surface area contributed by atoms with Crippen LogP contribution in [0.2, 0.25) is 0 Å². The molecule has 2 aromatic carbocycles. The summed E-state index contributed by atoms with van der Waals surface area (Å²) < 4.78 is 25.1. The molecule has 1 aromatic heterocycles. The lowest BCUT2D eigenvalue weighted by Crippen LogP contribution is -2.38. The van der Waals surface area contributed by atoms with Crippen molar-refractivity contribution in [3.05, 3.63) is 71.0 Å². The zero-order chi connectivity index (χ0) is 21.5. The molecular weight excluding hydrogens is 417 g/mol. The second kappa shape index (κ2) is 10.5. The number of hydrogen-bond acceptors (Lipinski definition) is 6. The largest absolute Gasteiger partial charge is 0.492 e. The van der Waals surface area contributed by atoms with Crippen molar-refractivity contribution in [3.8, 4) is 16.3 Å². The van der Waals surface area contributed by atoms with Crippen LogP contribution in [0.3, 0.4) is 0 Å². The van der Waals surface area contributed by atoms with Crippen LogP contribution in [0.25, 0.3) is 10.6 Å². The number of aromatic nitrogens is 1. The van der Waals surface area contributed by atoms with Crippen molar-refractivity contribution < 1.29 is 18.7 Å². The molecule has 31 heavy (non-hydrogen) atoms. The highest BCUT2D eigenvalue weighted by atomic mass is 32.1. The maximum absolute atomic E-state index is 13.9. The van der Waals surface area contributed by atoms with Crippen LogP contribution in [0.1, 0.15) is 15.2 Å². The number of nitrogens with one attached hydrogen (secondary N) is 1. The Bertz CT molecular complexity index is 1020. The first-order chi connectivity index (χ1) is 15.2. The van der Waals surface area contributed by atoms with Gasteiger partial charge in [0, 0.05) is 31.7 Å². The van der Waals surface area contributed by atoms with E-state index < -0.39 is 0 Å². The van der Waals surface area contributed by atoms with Gasteiger partial charge in [0.15, 0.2) is 0 Å². The number of carbonyl (C=O) groups excluding carboxylic acids is 1. The maximum Gasteiger partial charge on any atom is 0.263 e. The molecule has 0 aliphatic carbocycles. The maximum atomic E-state index is 13.9. The molecule has 2 heterocycles. The molecule has 1 saturated heterocycles. The highest BCUT2D eigenvalue weighted by Crippen LogP contribution is 2.27. The molecule has 1 fully saturated rings. The Balaban J connectivity index is 1.28. The Kier molecular flexibility index (Phi) is 7.24. The molecule has 1 amide bonds. The summed E-state index contributed by atoms with van der Waals surface area (Å²) in [7, 11) is 0. The van der Waals surface area contributed by atoms with E-state index in [4.69, 9.17) is 9.47 Å². The van der Waals surface area contributed by atoms with Crippen molar-refractivity contribution in [1.29, 1.82) is 0 Å². The number of ether oxygens (including phenoxy) is 2. The number of thiazole rings is 1. The summed E-state index contributed by atoms with van der Waals surface area (Å²) in [5.41, 5.74) is 1.34. The molecule has 162 valence electrons. The van der Waals surface area contributed by atoms with Crippen molar-refractivity contribution in [2.45, 2.75) is 6.54 Å². The Morgan fingerprint density at radius 2 is 2.03 bits per heavy atom. The van der Waals surface area contributed by atoms with Crippen molar-refractivity contribution in [2.75, 3.05) is 39.5 Å². The van der Waals surface area contributed by atoms with Crippen molar-refractivity contribution in [1.82, 2.24) is 15.2 Å². The molecule has 6 nitrogen and oxygen atoms in total. The van der Waals surface area contributed by atoms with Gasteiger partial charge in [0.2, 0.25) is 0 Å². The lowest BCUT2D eigenvalue weighted by atomic mass is 10.2. The van der Waals surface area contributed by atoms with Crippen LogP contribution in [0, 0.1) is 5.82 Å². The van der Waals surface area contributed by atoms with Crippen LogP contribution < -0.4 is 10.1 Å². The molecule has 0 radical (unpaired) electrons. The Morgan fingerprint density at radius 1 is 1.19 bits per heavy atom. The van der Waals surface area contributed by atoms with E-state index >= 15 is 0 Å². The van der Waals surface area contributed by atoms with Crippen molar-refractivity contribution >= 4 is 17.2 Å². The first kappa shape index (κ1) is 21.4. The Morgan fingerprint density at radius 3 is 2.87 bits per heavy atom. The number of rotatable bonds is 8.